The standard InChI is InChI=1S/C15H20ClN3/c1-5-17-10(2)13-6-8-14(9-7-13)19-12(4)15(16)11(3)18-19/h6-10,17H,5H2,1-4H3. The highest BCUT2D eigenvalue weighted by molar-refractivity contribution is 6.31. The quantitative estimate of drug-likeness (QED) is 0.921. The van der Waals surface area contributed by atoms with Crippen molar-refractivity contribution in [1.29, 1.82) is 0 Å². The molecule has 1 N–H and O–H groups in total. The summed E-state index contributed by atoms with van der Waals surface area (Å²) in [5, 5.41) is 8.60. The van der Waals surface area contributed by atoms with Crippen molar-refractivity contribution in [2.24, 2.45) is 0 Å². The number of hydrogen-bond acceptors (Lipinski definition) is 2. The van der Waals surface area contributed by atoms with Crippen molar-refractivity contribution in [2.75, 3.05) is 6.54 Å². The first-order chi connectivity index (χ1) is 9.04. The molecule has 1 aromatic carbocycles. The monoisotopic (exact) mass is 277 g/mol. The maximum Gasteiger partial charge on any atom is 0.0848 e. The molecule has 1 atom stereocenters. The Kier molecular flexibility index (Phi) is 4.27. The average molecular weight is 278 g/mol. The molecular formula is C15H20ClN3. The topological polar surface area (TPSA) is 29.9 Å². The van der Waals surface area contributed by atoms with E-state index in [2.05, 4.69) is 48.5 Å². The van der Waals surface area contributed by atoms with E-state index < -0.39 is 0 Å². The van der Waals surface area contributed by atoms with Gasteiger partial charge in [0.1, 0.15) is 0 Å². The average Bonchev–Trinajstić information content (AvgIpc) is 2.67. The smallest absolute Gasteiger partial charge is 0.0848 e. The second-order valence-electron chi connectivity index (χ2n) is 4.77. The lowest BCUT2D eigenvalue weighted by Crippen LogP contribution is -2.17. The van der Waals surface area contributed by atoms with Gasteiger partial charge in [0.05, 0.1) is 22.1 Å². The molecule has 4 heteroatoms. The number of halogens is 1. The van der Waals surface area contributed by atoms with Crippen molar-refractivity contribution in [1.82, 2.24) is 15.1 Å². The lowest BCUT2D eigenvalue weighted by Gasteiger charge is -2.13. The van der Waals surface area contributed by atoms with Crippen LogP contribution in [0, 0.1) is 13.8 Å². The van der Waals surface area contributed by atoms with Crippen molar-refractivity contribution in [3.05, 3.63) is 46.2 Å². The van der Waals surface area contributed by atoms with Gasteiger partial charge in [-0.15, -0.1) is 0 Å². The Morgan fingerprint density at radius 1 is 1.26 bits per heavy atom. The third-order valence-electron chi connectivity index (χ3n) is 3.35. The molecule has 2 rings (SSSR count). The fraction of sp³-hybridized carbons (Fsp3) is 0.400. The maximum absolute atomic E-state index is 6.18. The van der Waals surface area contributed by atoms with Gasteiger partial charge in [-0.25, -0.2) is 4.68 Å². The van der Waals surface area contributed by atoms with Crippen LogP contribution in [0.5, 0.6) is 0 Å². The van der Waals surface area contributed by atoms with Crippen molar-refractivity contribution in [2.45, 2.75) is 33.7 Å². The van der Waals surface area contributed by atoms with Gasteiger partial charge in [-0.05, 0) is 45.0 Å². The van der Waals surface area contributed by atoms with E-state index in [4.69, 9.17) is 11.6 Å². The van der Waals surface area contributed by atoms with Crippen LogP contribution in [0.15, 0.2) is 24.3 Å². The molecule has 0 spiro atoms. The Hall–Kier alpha value is -1.32. The van der Waals surface area contributed by atoms with E-state index in [0.29, 0.717) is 6.04 Å². The van der Waals surface area contributed by atoms with Gasteiger partial charge in [0.25, 0.3) is 0 Å². The minimum absolute atomic E-state index is 0.364. The van der Waals surface area contributed by atoms with Crippen molar-refractivity contribution in [3.63, 3.8) is 0 Å². The van der Waals surface area contributed by atoms with Gasteiger partial charge in [-0.3, -0.25) is 0 Å². The van der Waals surface area contributed by atoms with Gasteiger partial charge in [-0.1, -0.05) is 30.7 Å². The van der Waals surface area contributed by atoms with Crippen LogP contribution in [-0.4, -0.2) is 16.3 Å². The first-order valence-electron chi connectivity index (χ1n) is 6.60. The molecule has 0 aliphatic rings. The SMILES string of the molecule is CCNC(C)c1ccc(-n2nc(C)c(Cl)c2C)cc1. The molecule has 0 saturated carbocycles. The molecule has 0 bridgehead atoms. The number of nitrogens with one attached hydrogen (secondary N) is 1. The van der Waals surface area contributed by atoms with Gasteiger partial charge in [0.2, 0.25) is 0 Å². The Balaban J connectivity index is 2.30. The highest BCUT2D eigenvalue weighted by Crippen LogP contribution is 2.23. The molecule has 1 unspecified atom stereocenters. The predicted octanol–water partition coefficient (Wildman–Crippen LogP) is 3.81. The summed E-state index contributed by atoms with van der Waals surface area (Å²) in [6, 6.07) is 8.79. The molecule has 0 aliphatic carbocycles. The summed E-state index contributed by atoms with van der Waals surface area (Å²) in [5.41, 5.74) is 4.16. The van der Waals surface area contributed by atoms with Crippen LogP contribution in [0.3, 0.4) is 0 Å². The molecular weight excluding hydrogens is 258 g/mol. The predicted molar refractivity (Wildman–Crippen MR) is 80.1 cm³/mol. The molecule has 2 aromatic rings. The Morgan fingerprint density at radius 2 is 1.89 bits per heavy atom. The van der Waals surface area contributed by atoms with Gasteiger partial charge in [0, 0.05) is 6.04 Å². The Labute approximate surface area is 119 Å². The third-order valence-corrected chi connectivity index (χ3v) is 3.90. The summed E-state index contributed by atoms with van der Waals surface area (Å²) in [7, 11) is 0. The second kappa shape index (κ2) is 5.76. The van der Waals surface area contributed by atoms with Crippen LogP contribution in [0.1, 0.15) is 36.8 Å². The van der Waals surface area contributed by atoms with E-state index >= 15 is 0 Å². The molecule has 3 nitrogen and oxygen atoms in total. The highest BCUT2D eigenvalue weighted by Gasteiger charge is 2.11. The van der Waals surface area contributed by atoms with Crippen molar-refractivity contribution >= 4 is 11.6 Å². The van der Waals surface area contributed by atoms with Crippen LogP contribution in [0.25, 0.3) is 5.69 Å². The summed E-state index contributed by atoms with van der Waals surface area (Å²) in [6.07, 6.45) is 0. The number of nitrogens with zero attached hydrogens (tertiary/aromatic N) is 2. The van der Waals surface area contributed by atoms with Gasteiger partial charge < -0.3 is 5.32 Å². The zero-order chi connectivity index (χ0) is 14.0. The summed E-state index contributed by atoms with van der Waals surface area (Å²) < 4.78 is 1.89. The van der Waals surface area contributed by atoms with Gasteiger partial charge in [-0.2, -0.15) is 5.10 Å². The lowest BCUT2D eigenvalue weighted by molar-refractivity contribution is 0.598. The van der Waals surface area contributed by atoms with Gasteiger partial charge >= 0.3 is 0 Å². The molecule has 1 heterocycles. The van der Waals surface area contributed by atoms with Crippen LogP contribution in [-0.2, 0) is 0 Å². The third kappa shape index (κ3) is 2.82. The van der Waals surface area contributed by atoms with E-state index in [0.717, 1.165) is 28.6 Å². The van der Waals surface area contributed by atoms with Crippen molar-refractivity contribution in [3.8, 4) is 5.69 Å². The van der Waals surface area contributed by atoms with Gasteiger partial charge in [0.15, 0.2) is 0 Å². The van der Waals surface area contributed by atoms with E-state index in [1.54, 1.807) is 0 Å². The summed E-state index contributed by atoms with van der Waals surface area (Å²) in [6.45, 7) is 9.16. The summed E-state index contributed by atoms with van der Waals surface area (Å²) in [4.78, 5) is 0. The highest BCUT2D eigenvalue weighted by atomic mass is 35.5. The largest absolute Gasteiger partial charge is 0.310 e. The molecule has 1 aromatic heterocycles. The van der Waals surface area contributed by atoms with Crippen LogP contribution < -0.4 is 5.32 Å². The second-order valence-corrected chi connectivity index (χ2v) is 5.15. The Bertz CT molecular complexity index is 558. The fourth-order valence-corrected chi connectivity index (χ4v) is 2.32. The molecule has 102 valence electrons. The Morgan fingerprint density at radius 3 is 2.37 bits per heavy atom. The first kappa shape index (κ1) is 14.1. The van der Waals surface area contributed by atoms with Crippen LogP contribution in [0.4, 0.5) is 0 Å². The number of aromatic nitrogens is 2. The fourth-order valence-electron chi connectivity index (χ4n) is 2.20. The first-order valence-corrected chi connectivity index (χ1v) is 6.97. The molecule has 19 heavy (non-hydrogen) atoms. The molecule has 0 amide bonds. The molecule has 0 saturated heterocycles. The minimum atomic E-state index is 0.364. The molecule has 0 fully saturated rings. The number of hydrogen-bond donors (Lipinski definition) is 1. The number of benzene rings is 1. The molecule has 0 aliphatic heterocycles. The van der Waals surface area contributed by atoms with E-state index in [-0.39, 0.29) is 0 Å². The maximum atomic E-state index is 6.18. The van der Waals surface area contributed by atoms with E-state index in [9.17, 15) is 0 Å². The lowest BCUT2D eigenvalue weighted by atomic mass is 10.1. The van der Waals surface area contributed by atoms with Crippen LogP contribution in [0.2, 0.25) is 5.02 Å². The zero-order valence-corrected chi connectivity index (χ0v) is 12.6. The number of rotatable bonds is 4. The normalized spacial score (nSPS) is 12.7. The van der Waals surface area contributed by atoms with E-state index in [1.807, 2.05) is 18.5 Å². The van der Waals surface area contributed by atoms with E-state index in [1.165, 1.54) is 5.56 Å². The van der Waals surface area contributed by atoms with Crippen molar-refractivity contribution < 1.29 is 0 Å². The minimum Gasteiger partial charge on any atom is -0.310 e. The summed E-state index contributed by atoms with van der Waals surface area (Å²) >= 11 is 6.18. The van der Waals surface area contributed by atoms with Crippen LogP contribution >= 0.6 is 11.6 Å². The number of aryl methyl sites for hydroxylation is 1. The summed E-state index contributed by atoms with van der Waals surface area (Å²) in [5.74, 6) is 0. The zero-order valence-electron chi connectivity index (χ0n) is 11.9. The molecule has 0 radical (unpaired) electrons.